The predicted molar refractivity (Wildman–Crippen MR) is 67.6 cm³/mol. The van der Waals surface area contributed by atoms with E-state index in [0.717, 1.165) is 51.9 Å². The summed E-state index contributed by atoms with van der Waals surface area (Å²) < 4.78 is 16.3. The van der Waals surface area contributed by atoms with Gasteiger partial charge in [0.25, 0.3) is 0 Å². The molecule has 2 rings (SSSR count). The van der Waals surface area contributed by atoms with E-state index in [2.05, 4.69) is 0 Å². The molecule has 1 spiro atoms. The van der Waals surface area contributed by atoms with Gasteiger partial charge < -0.3 is 14.2 Å². The van der Waals surface area contributed by atoms with Crippen LogP contribution in [0, 0.1) is 5.92 Å². The molecule has 0 amide bonds. The molecular weight excluding hydrogens is 232 g/mol. The van der Waals surface area contributed by atoms with Gasteiger partial charge in [0, 0.05) is 45.9 Å². The minimum absolute atomic E-state index is 0.0713. The Balaban J connectivity index is 1.83. The Morgan fingerprint density at radius 3 is 2.83 bits per heavy atom. The molecule has 0 bridgehead atoms. The number of hydrogen-bond acceptors (Lipinski definition) is 4. The second-order valence-electron chi connectivity index (χ2n) is 5.40. The summed E-state index contributed by atoms with van der Waals surface area (Å²) >= 11 is 0. The number of carbonyl (C=O) groups excluding carboxylic acids is 1. The first-order valence-electron chi connectivity index (χ1n) is 6.99. The zero-order valence-electron chi connectivity index (χ0n) is 11.3. The average Bonchev–Trinajstić information content (AvgIpc) is 2.40. The van der Waals surface area contributed by atoms with Crippen LogP contribution in [-0.2, 0) is 19.0 Å². The fraction of sp³-hybridized carbons (Fsp3) is 0.929. The van der Waals surface area contributed by atoms with E-state index in [9.17, 15) is 4.79 Å². The maximum Gasteiger partial charge on any atom is 0.136 e. The van der Waals surface area contributed by atoms with Crippen molar-refractivity contribution < 1.29 is 19.0 Å². The molecule has 1 atom stereocenters. The van der Waals surface area contributed by atoms with Gasteiger partial charge in [0.15, 0.2) is 0 Å². The largest absolute Gasteiger partial charge is 0.385 e. The van der Waals surface area contributed by atoms with Gasteiger partial charge in [-0.15, -0.1) is 0 Å². The van der Waals surface area contributed by atoms with Crippen molar-refractivity contribution in [2.45, 2.75) is 44.1 Å². The third kappa shape index (κ3) is 3.53. The number of methoxy groups -OCH3 is 1. The van der Waals surface area contributed by atoms with Crippen LogP contribution in [0.4, 0.5) is 0 Å². The van der Waals surface area contributed by atoms with Gasteiger partial charge in [0.2, 0.25) is 0 Å². The molecule has 0 aromatic rings. The lowest BCUT2D eigenvalue weighted by Gasteiger charge is -2.42. The molecule has 0 radical (unpaired) electrons. The molecule has 0 aromatic heterocycles. The lowest BCUT2D eigenvalue weighted by Crippen LogP contribution is -2.45. The summed E-state index contributed by atoms with van der Waals surface area (Å²) in [5.41, 5.74) is -0.0713. The highest BCUT2D eigenvalue weighted by Gasteiger charge is 2.40. The highest BCUT2D eigenvalue weighted by atomic mass is 16.5. The van der Waals surface area contributed by atoms with E-state index < -0.39 is 0 Å². The van der Waals surface area contributed by atoms with E-state index >= 15 is 0 Å². The fourth-order valence-electron chi connectivity index (χ4n) is 2.99. The lowest BCUT2D eigenvalue weighted by atomic mass is 9.78. The molecule has 0 saturated carbocycles. The van der Waals surface area contributed by atoms with Crippen molar-refractivity contribution in [1.82, 2.24) is 0 Å². The van der Waals surface area contributed by atoms with E-state index in [-0.39, 0.29) is 11.5 Å². The molecule has 1 unspecified atom stereocenters. The van der Waals surface area contributed by atoms with Crippen molar-refractivity contribution in [2.75, 3.05) is 33.5 Å². The summed E-state index contributed by atoms with van der Waals surface area (Å²) in [6, 6.07) is 0. The molecule has 2 heterocycles. The fourth-order valence-corrected chi connectivity index (χ4v) is 2.99. The molecular formula is C14H24O4. The van der Waals surface area contributed by atoms with E-state index in [1.807, 2.05) is 0 Å². The number of Topliss-reactive ketones (excluding diaryl/α,β-unsaturated/α-hetero) is 1. The van der Waals surface area contributed by atoms with E-state index in [4.69, 9.17) is 14.2 Å². The highest BCUT2D eigenvalue weighted by Crippen LogP contribution is 2.37. The van der Waals surface area contributed by atoms with Crippen LogP contribution in [0.1, 0.15) is 38.5 Å². The third-order valence-corrected chi connectivity index (χ3v) is 4.12. The van der Waals surface area contributed by atoms with E-state index in [1.165, 1.54) is 0 Å². The van der Waals surface area contributed by atoms with Crippen LogP contribution in [0.5, 0.6) is 0 Å². The summed E-state index contributed by atoms with van der Waals surface area (Å²) in [7, 11) is 1.68. The number of carbonyl (C=O) groups is 1. The molecule has 4 heteroatoms. The molecule has 2 fully saturated rings. The van der Waals surface area contributed by atoms with Crippen LogP contribution in [0.2, 0.25) is 0 Å². The first-order valence-corrected chi connectivity index (χ1v) is 6.99. The van der Waals surface area contributed by atoms with Crippen LogP contribution in [0.3, 0.4) is 0 Å². The van der Waals surface area contributed by atoms with Crippen LogP contribution in [0.15, 0.2) is 0 Å². The van der Waals surface area contributed by atoms with Crippen LogP contribution in [0.25, 0.3) is 0 Å². The second-order valence-corrected chi connectivity index (χ2v) is 5.40. The van der Waals surface area contributed by atoms with Gasteiger partial charge in [-0.25, -0.2) is 0 Å². The Kier molecular flexibility index (Phi) is 5.15. The third-order valence-electron chi connectivity index (χ3n) is 4.12. The van der Waals surface area contributed by atoms with Gasteiger partial charge in [0.1, 0.15) is 5.78 Å². The Hall–Kier alpha value is -0.450. The predicted octanol–water partition coefficient (Wildman–Crippen LogP) is 1.96. The molecule has 0 aromatic carbocycles. The Morgan fingerprint density at radius 2 is 2.11 bits per heavy atom. The van der Waals surface area contributed by atoms with Crippen molar-refractivity contribution in [2.24, 2.45) is 5.92 Å². The minimum atomic E-state index is -0.0713. The van der Waals surface area contributed by atoms with E-state index in [1.54, 1.807) is 7.11 Å². The van der Waals surface area contributed by atoms with Gasteiger partial charge in [0.05, 0.1) is 5.60 Å². The van der Waals surface area contributed by atoms with Gasteiger partial charge in [-0.05, 0) is 32.1 Å². The molecule has 2 aliphatic heterocycles. The van der Waals surface area contributed by atoms with Crippen LogP contribution < -0.4 is 0 Å². The number of hydrogen-bond donors (Lipinski definition) is 0. The van der Waals surface area contributed by atoms with Crippen molar-refractivity contribution >= 4 is 5.78 Å². The first-order chi connectivity index (χ1) is 8.76. The SMILES string of the molecule is COCCCC(=O)C1CCOC2(CCOCC2)C1. The van der Waals surface area contributed by atoms with E-state index in [0.29, 0.717) is 18.8 Å². The maximum absolute atomic E-state index is 12.2. The van der Waals surface area contributed by atoms with Crippen molar-refractivity contribution in [3.05, 3.63) is 0 Å². The normalized spacial score (nSPS) is 27.3. The molecule has 104 valence electrons. The molecule has 0 N–H and O–H groups in total. The van der Waals surface area contributed by atoms with Crippen LogP contribution in [-0.4, -0.2) is 44.9 Å². The minimum Gasteiger partial charge on any atom is -0.385 e. The highest BCUT2D eigenvalue weighted by molar-refractivity contribution is 5.81. The van der Waals surface area contributed by atoms with Crippen molar-refractivity contribution in [3.63, 3.8) is 0 Å². The molecule has 18 heavy (non-hydrogen) atoms. The summed E-state index contributed by atoms with van der Waals surface area (Å²) in [4.78, 5) is 12.2. The smallest absolute Gasteiger partial charge is 0.136 e. The topological polar surface area (TPSA) is 44.8 Å². The Labute approximate surface area is 109 Å². The van der Waals surface area contributed by atoms with Crippen molar-refractivity contribution in [3.8, 4) is 0 Å². The Bertz CT molecular complexity index is 265. The lowest BCUT2D eigenvalue weighted by molar-refractivity contribution is -0.157. The van der Waals surface area contributed by atoms with Gasteiger partial charge >= 0.3 is 0 Å². The zero-order valence-corrected chi connectivity index (χ0v) is 11.3. The van der Waals surface area contributed by atoms with Gasteiger partial charge in [-0.1, -0.05) is 0 Å². The maximum atomic E-state index is 12.2. The standard InChI is InChI=1S/C14H24O4/c1-16-7-2-3-13(15)12-4-8-18-14(11-12)5-9-17-10-6-14/h12H,2-11H2,1H3. The molecule has 2 aliphatic rings. The summed E-state index contributed by atoms with van der Waals surface area (Å²) in [6.45, 7) is 2.93. The molecule has 0 aliphatic carbocycles. The first kappa shape index (κ1) is 14.0. The number of rotatable bonds is 5. The monoisotopic (exact) mass is 256 g/mol. The Morgan fingerprint density at radius 1 is 1.33 bits per heavy atom. The molecule has 2 saturated heterocycles. The van der Waals surface area contributed by atoms with Gasteiger partial charge in [-0.3, -0.25) is 4.79 Å². The summed E-state index contributed by atoms with van der Waals surface area (Å²) in [5.74, 6) is 0.579. The second kappa shape index (κ2) is 6.64. The number of ether oxygens (including phenoxy) is 3. The quantitative estimate of drug-likeness (QED) is 0.705. The summed E-state index contributed by atoms with van der Waals surface area (Å²) in [6.07, 6.45) is 5.13. The van der Waals surface area contributed by atoms with Crippen molar-refractivity contribution in [1.29, 1.82) is 0 Å². The number of ketones is 1. The zero-order chi connectivity index (χ0) is 12.8. The average molecular weight is 256 g/mol. The van der Waals surface area contributed by atoms with Crippen LogP contribution >= 0.6 is 0 Å². The molecule has 4 nitrogen and oxygen atoms in total. The summed E-state index contributed by atoms with van der Waals surface area (Å²) in [5, 5.41) is 0. The van der Waals surface area contributed by atoms with Gasteiger partial charge in [-0.2, -0.15) is 0 Å².